The Bertz CT molecular complexity index is 1370. The minimum absolute atomic E-state index is 0.0214. The number of nitrogens with zero attached hydrogens (tertiary/aromatic N) is 2. The number of fused-ring (bicyclic) bond motifs is 1. The van der Waals surface area contributed by atoms with Crippen LogP contribution in [0.3, 0.4) is 0 Å². The second-order valence-corrected chi connectivity index (χ2v) is 11.4. The van der Waals surface area contributed by atoms with Gasteiger partial charge in [0, 0.05) is 29.1 Å². The molecule has 0 radical (unpaired) electrons. The standard InChI is InChI=1S/C31H36F6N2O6/c1-5-45-28(42)39-18(2)10-24(22-14-26(43-3)23(15-25(22)39)29(17-40)8-6-7-9-29)38(27(41)44-4)16-19-11-20(30(32,33)34)13-21(12-19)31(35,36)37/h11-15,18,24,40H,5-10,16-17H2,1-4H3/t18-,24+/m0/s1. The number of amides is 2. The van der Waals surface area contributed by atoms with E-state index in [1.165, 1.54) is 12.0 Å². The molecule has 1 aliphatic carbocycles. The summed E-state index contributed by atoms with van der Waals surface area (Å²) >= 11 is 0. The number of aliphatic hydroxyl groups excluding tert-OH is 1. The fourth-order valence-electron chi connectivity index (χ4n) is 6.49. The lowest BCUT2D eigenvalue weighted by Crippen LogP contribution is -2.48. The van der Waals surface area contributed by atoms with Crippen LogP contribution in [0.5, 0.6) is 5.75 Å². The summed E-state index contributed by atoms with van der Waals surface area (Å²) in [5.74, 6) is 0.358. The molecule has 4 rings (SSSR count). The van der Waals surface area contributed by atoms with E-state index in [1.807, 2.05) is 0 Å². The summed E-state index contributed by atoms with van der Waals surface area (Å²) < 4.78 is 97.8. The molecule has 2 atom stereocenters. The predicted octanol–water partition coefficient (Wildman–Crippen LogP) is 7.60. The Morgan fingerprint density at radius 1 is 1.00 bits per heavy atom. The molecule has 8 nitrogen and oxygen atoms in total. The van der Waals surface area contributed by atoms with Crippen molar-refractivity contribution < 1.29 is 55.2 Å². The van der Waals surface area contributed by atoms with Crippen molar-refractivity contribution in [3.63, 3.8) is 0 Å². The lowest BCUT2D eigenvalue weighted by Gasteiger charge is -2.43. The molecule has 0 spiro atoms. The van der Waals surface area contributed by atoms with Crippen LogP contribution in [0.25, 0.3) is 0 Å². The molecule has 0 bridgehead atoms. The minimum atomic E-state index is -5.08. The molecule has 0 unspecified atom stereocenters. The van der Waals surface area contributed by atoms with E-state index in [1.54, 1.807) is 26.0 Å². The van der Waals surface area contributed by atoms with Crippen LogP contribution >= 0.6 is 0 Å². The SMILES string of the molecule is CCOC(=O)N1c2cc(C3(CO)CCCC3)c(OC)cc2[C@H](N(Cc2cc(C(F)(F)F)cc(C(F)(F)F)c2)C(=O)OC)C[C@@H]1C. The van der Waals surface area contributed by atoms with E-state index in [9.17, 15) is 41.0 Å². The number of methoxy groups -OCH3 is 2. The molecule has 1 aliphatic heterocycles. The number of rotatable bonds is 7. The third kappa shape index (κ3) is 6.80. The zero-order chi connectivity index (χ0) is 33.3. The molecule has 0 saturated heterocycles. The van der Waals surface area contributed by atoms with Gasteiger partial charge in [-0.3, -0.25) is 9.80 Å². The summed E-state index contributed by atoms with van der Waals surface area (Å²) in [6.45, 7) is 2.54. The van der Waals surface area contributed by atoms with Gasteiger partial charge in [0.15, 0.2) is 0 Å². The first-order chi connectivity index (χ1) is 21.1. The number of alkyl halides is 6. The Morgan fingerprint density at radius 3 is 2.09 bits per heavy atom. The van der Waals surface area contributed by atoms with Crippen molar-refractivity contribution in [2.24, 2.45) is 0 Å². The average molecular weight is 647 g/mol. The third-order valence-corrected chi connectivity index (χ3v) is 8.66. The fraction of sp³-hybridized carbons (Fsp3) is 0.548. The molecule has 2 aromatic carbocycles. The van der Waals surface area contributed by atoms with Crippen LogP contribution in [0.1, 0.15) is 79.8 Å². The first-order valence-electron chi connectivity index (χ1n) is 14.5. The molecule has 1 N–H and O–H groups in total. The van der Waals surface area contributed by atoms with Gasteiger partial charge in [-0.05, 0) is 69.0 Å². The molecule has 14 heteroatoms. The highest BCUT2D eigenvalue weighted by molar-refractivity contribution is 5.91. The molecule has 45 heavy (non-hydrogen) atoms. The summed E-state index contributed by atoms with van der Waals surface area (Å²) in [5, 5.41) is 10.5. The molecule has 2 aliphatic rings. The number of hydrogen-bond acceptors (Lipinski definition) is 6. The van der Waals surface area contributed by atoms with Crippen LogP contribution in [0.15, 0.2) is 30.3 Å². The van der Waals surface area contributed by atoms with E-state index >= 15 is 0 Å². The average Bonchev–Trinajstić information content (AvgIpc) is 3.48. The Hall–Kier alpha value is -3.68. The summed E-state index contributed by atoms with van der Waals surface area (Å²) in [7, 11) is 2.48. The van der Waals surface area contributed by atoms with Gasteiger partial charge in [0.2, 0.25) is 0 Å². The number of anilines is 1. The predicted molar refractivity (Wildman–Crippen MR) is 151 cm³/mol. The summed E-state index contributed by atoms with van der Waals surface area (Å²) in [6.07, 6.45) is -8.77. The first kappa shape index (κ1) is 34.2. The monoisotopic (exact) mass is 646 g/mol. The van der Waals surface area contributed by atoms with Crippen LogP contribution in [0, 0.1) is 0 Å². The highest BCUT2D eigenvalue weighted by Gasteiger charge is 2.44. The van der Waals surface area contributed by atoms with Gasteiger partial charge in [-0.2, -0.15) is 26.3 Å². The number of aliphatic hydroxyl groups is 1. The van der Waals surface area contributed by atoms with Crippen LogP contribution in [0.2, 0.25) is 0 Å². The zero-order valence-electron chi connectivity index (χ0n) is 25.3. The number of benzene rings is 2. The van der Waals surface area contributed by atoms with Crippen molar-refractivity contribution in [1.82, 2.24) is 4.90 Å². The van der Waals surface area contributed by atoms with Crippen LogP contribution < -0.4 is 9.64 Å². The van der Waals surface area contributed by atoms with E-state index in [0.717, 1.165) is 24.9 Å². The van der Waals surface area contributed by atoms with Gasteiger partial charge in [0.1, 0.15) is 5.75 Å². The van der Waals surface area contributed by atoms with Gasteiger partial charge in [0.25, 0.3) is 0 Å². The van der Waals surface area contributed by atoms with Gasteiger partial charge in [-0.25, -0.2) is 9.59 Å². The lowest BCUT2D eigenvalue weighted by atomic mass is 9.77. The van der Waals surface area contributed by atoms with Crippen molar-refractivity contribution in [1.29, 1.82) is 0 Å². The van der Waals surface area contributed by atoms with E-state index in [0.29, 0.717) is 47.5 Å². The molecule has 1 heterocycles. The maximum atomic E-state index is 13.6. The highest BCUT2D eigenvalue weighted by Crippen LogP contribution is 2.50. The van der Waals surface area contributed by atoms with Crippen molar-refractivity contribution in [3.05, 3.63) is 58.1 Å². The molecule has 2 amide bonds. The van der Waals surface area contributed by atoms with Crippen LogP contribution in [-0.2, 0) is 33.8 Å². The molecular formula is C31H36F6N2O6. The van der Waals surface area contributed by atoms with Gasteiger partial charge in [-0.1, -0.05) is 12.8 Å². The van der Waals surface area contributed by atoms with E-state index in [4.69, 9.17) is 14.2 Å². The molecular weight excluding hydrogens is 610 g/mol. The number of ether oxygens (including phenoxy) is 3. The van der Waals surface area contributed by atoms with E-state index < -0.39 is 65.3 Å². The maximum Gasteiger partial charge on any atom is 0.416 e. The maximum absolute atomic E-state index is 13.6. The molecule has 2 aromatic rings. The first-order valence-corrected chi connectivity index (χ1v) is 14.5. The van der Waals surface area contributed by atoms with Crippen molar-refractivity contribution in [2.45, 2.75) is 82.3 Å². The lowest BCUT2D eigenvalue weighted by molar-refractivity contribution is -0.143. The Labute approximate surface area is 256 Å². The second-order valence-electron chi connectivity index (χ2n) is 11.4. The topological polar surface area (TPSA) is 88.5 Å². The second kappa shape index (κ2) is 13.0. The normalized spacial score (nSPS) is 19.6. The van der Waals surface area contributed by atoms with E-state index in [-0.39, 0.29) is 25.7 Å². The smallest absolute Gasteiger partial charge is 0.416 e. The number of carbonyl (C=O) groups excluding carboxylic acids is 2. The summed E-state index contributed by atoms with van der Waals surface area (Å²) in [6, 6.07) is 2.87. The van der Waals surface area contributed by atoms with Gasteiger partial charge >= 0.3 is 24.5 Å². The summed E-state index contributed by atoms with van der Waals surface area (Å²) in [5.41, 5.74) is -2.80. The summed E-state index contributed by atoms with van der Waals surface area (Å²) in [4.78, 5) is 28.9. The number of carbonyl (C=O) groups is 2. The molecule has 1 fully saturated rings. The highest BCUT2D eigenvalue weighted by atomic mass is 19.4. The van der Waals surface area contributed by atoms with E-state index in [2.05, 4.69) is 0 Å². The number of halogens is 6. The number of hydrogen-bond donors (Lipinski definition) is 1. The van der Waals surface area contributed by atoms with Crippen LogP contribution in [0.4, 0.5) is 41.6 Å². The zero-order valence-corrected chi connectivity index (χ0v) is 25.3. The Kier molecular flexibility index (Phi) is 9.86. The molecule has 0 aromatic heterocycles. The van der Waals surface area contributed by atoms with Gasteiger partial charge < -0.3 is 19.3 Å². The quantitative estimate of drug-likeness (QED) is 0.312. The van der Waals surface area contributed by atoms with Crippen molar-refractivity contribution >= 4 is 17.9 Å². The fourth-order valence-corrected chi connectivity index (χ4v) is 6.49. The molecule has 1 saturated carbocycles. The van der Waals surface area contributed by atoms with Gasteiger partial charge in [0.05, 0.1) is 50.3 Å². The largest absolute Gasteiger partial charge is 0.496 e. The van der Waals surface area contributed by atoms with Crippen LogP contribution in [-0.4, -0.2) is 55.7 Å². The van der Waals surface area contributed by atoms with Gasteiger partial charge in [-0.15, -0.1) is 0 Å². The minimum Gasteiger partial charge on any atom is -0.496 e. The Morgan fingerprint density at radius 2 is 1.60 bits per heavy atom. The van der Waals surface area contributed by atoms with Crippen molar-refractivity contribution in [3.8, 4) is 5.75 Å². The molecule has 248 valence electrons. The third-order valence-electron chi connectivity index (χ3n) is 8.66. The Balaban J connectivity index is 1.91. The van der Waals surface area contributed by atoms with Crippen molar-refractivity contribution in [2.75, 3.05) is 32.3 Å².